The minimum absolute atomic E-state index is 0.158. The van der Waals surface area contributed by atoms with Crippen molar-refractivity contribution in [1.82, 2.24) is 14.8 Å². The van der Waals surface area contributed by atoms with E-state index in [9.17, 15) is 18.0 Å². The normalized spacial score (nSPS) is 23.5. The van der Waals surface area contributed by atoms with Crippen molar-refractivity contribution in [3.63, 3.8) is 0 Å². The van der Waals surface area contributed by atoms with Crippen molar-refractivity contribution in [3.8, 4) is 0 Å². The summed E-state index contributed by atoms with van der Waals surface area (Å²) in [5, 5.41) is 7.12. The summed E-state index contributed by atoms with van der Waals surface area (Å²) in [6.07, 6.45) is 3.38. The number of carboxylic acid groups (broad SMARTS) is 1. The number of amides is 1. The summed E-state index contributed by atoms with van der Waals surface area (Å²) in [6.45, 7) is 5.84. The van der Waals surface area contributed by atoms with E-state index in [1.807, 2.05) is 12.3 Å². The molecule has 3 fully saturated rings. The lowest BCUT2D eigenvalue weighted by molar-refractivity contribution is -0.192. The first-order chi connectivity index (χ1) is 15.2. The fourth-order valence-corrected chi connectivity index (χ4v) is 4.58. The first-order valence-corrected chi connectivity index (χ1v) is 11.0. The number of rotatable bonds is 3. The second-order valence-corrected chi connectivity index (χ2v) is 8.73. The van der Waals surface area contributed by atoms with Crippen molar-refractivity contribution >= 4 is 11.9 Å². The number of likely N-dealkylation sites (tertiary alicyclic amines) is 2. The Kier molecular flexibility index (Phi) is 8.10. The summed E-state index contributed by atoms with van der Waals surface area (Å²) in [5.74, 6) is -2.52. The Hall–Kier alpha value is -2.20. The summed E-state index contributed by atoms with van der Waals surface area (Å²) in [4.78, 5) is 30.4. The van der Waals surface area contributed by atoms with E-state index in [4.69, 9.17) is 14.6 Å². The van der Waals surface area contributed by atoms with Gasteiger partial charge >= 0.3 is 12.1 Å². The average molecular weight is 457 g/mol. The van der Waals surface area contributed by atoms with Gasteiger partial charge in [0.1, 0.15) is 6.10 Å². The molecule has 1 aromatic heterocycles. The van der Waals surface area contributed by atoms with Crippen molar-refractivity contribution in [3.05, 3.63) is 30.1 Å². The van der Waals surface area contributed by atoms with Gasteiger partial charge in [-0.2, -0.15) is 13.2 Å². The highest BCUT2D eigenvalue weighted by Crippen LogP contribution is 2.41. The standard InChI is InChI=1S/C20H29N3O2.C2HF3O2/c24-19(18-5-3-15-25-18)23-13-8-20(9-14-23)6-11-22(12-7-20)16-17-4-1-2-10-21-17;3-2(4,5)1(6)7/h1-2,4,10,18H,3,5-9,11-16H2;(H,6,7)/t18-;/m1./s1. The Balaban J connectivity index is 0.000000360. The average Bonchev–Trinajstić information content (AvgIpc) is 3.31. The quantitative estimate of drug-likeness (QED) is 0.751. The lowest BCUT2D eigenvalue weighted by atomic mass is 9.71. The summed E-state index contributed by atoms with van der Waals surface area (Å²) in [7, 11) is 0. The summed E-state index contributed by atoms with van der Waals surface area (Å²) < 4.78 is 37.3. The lowest BCUT2D eigenvalue weighted by Gasteiger charge is -2.47. The molecule has 3 aliphatic heterocycles. The lowest BCUT2D eigenvalue weighted by Crippen LogP contribution is -2.50. The van der Waals surface area contributed by atoms with Crippen LogP contribution in [0.4, 0.5) is 13.2 Å². The van der Waals surface area contributed by atoms with Crippen LogP contribution in [0.2, 0.25) is 0 Å². The smallest absolute Gasteiger partial charge is 0.475 e. The van der Waals surface area contributed by atoms with Crippen molar-refractivity contribution in [2.24, 2.45) is 5.41 Å². The fourth-order valence-electron chi connectivity index (χ4n) is 4.58. The van der Waals surface area contributed by atoms with Gasteiger partial charge in [-0.1, -0.05) is 6.07 Å². The minimum atomic E-state index is -5.08. The zero-order chi connectivity index (χ0) is 23.2. The number of aromatic nitrogens is 1. The zero-order valence-corrected chi connectivity index (χ0v) is 18.0. The van der Waals surface area contributed by atoms with Gasteiger partial charge in [-0.15, -0.1) is 0 Å². The van der Waals surface area contributed by atoms with Gasteiger partial charge in [0.2, 0.25) is 0 Å². The van der Waals surface area contributed by atoms with Gasteiger partial charge in [0.15, 0.2) is 0 Å². The van der Waals surface area contributed by atoms with Crippen LogP contribution in [-0.2, 0) is 20.9 Å². The van der Waals surface area contributed by atoms with Crippen LogP contribution in [0.15, 0.2) is 24.4 Å². The number of carbonyl (C=O) groups excluding carboxylic acids is 1. The number of halogens is 3. The molecule has 4 rings (SSSR count). The van der Waals surface area contributed by atoms with Gasteiger partial charge in [0, 0.05) is 32.4 Å². The number of carbonyl (C=O) groups is 2. The van der Waals surface area contributed by atoms with Crippen LogP contribution >= 0.6 is 0 Å². The molecule has 1 spiro atoms. The van der Waals surface area contributed by atoms with E-state index >= 15 is 0 Å². The predicted molar refractivity (Wildman–Crippen MR) is 110 cm³/mol. The molecule has 0 aliphatic carbocycles. The van der Waals surface area contributed by atoms with Crippen LogP contribution in [0.1, 0.15) is 44.2 Å². The number of ether oxygens (including phenoxy) is 1. The van der Waals surface area contributed by atoms with Crippen molar-refractivity contribution in [2.45, 2.75) is 57.3 Å². The fraction of sp³-hybridized carbons (Fsp3) is 0.682. The third-order valence-electron chi connectivity index (χ3n) is 6.61. The summed E-state index contributed by atoms with van der Waals surface area (Å²) >= 11 is 0. The van der Waals surface area contributed by atoms with E-state index in [1.54, 1.807) is 0 Å². The number of hydrogen-bond donors (Lipinski definition) is 1. The number of hydrogen-bond acceptors (Lipinski definition) is 5. The molecule has 3 aliphatic rings. The molecule has 4 heterocycles. The number of nitrogens with zero attached hydrogens (tertiary/aromatic N) is 3. The molecule has 0 unspecified atom stereocenters. The summed E-state index contributed by atoms with van der Waals surface area (Å²) in [6, 6.07) is 6.15. The molecule has 1 N–H and O–H groups in total. The molecule has 1 atom stereocenters. The molecule has 0 radical (unpaired) electrons. The summed E-state index contributed by atoms with van der Waals surface area (Å²) in [5.41, 5.74) is 1.61. The van der Waals surface area contributed by atoms with Crippen LogP contribution in [-0.4, -0.2) is 76.8 Å². The number of carboxylic acids is 1. The molecule has 1 amide bonds. The van der Waals surface area contributed by atoms with Gasteiger partial charge in [-0.05, 0) is 69.2 Å². The molecule has 7 nitrogen and oxygen atoms in total. The number of piperidine rings is 2. The molecule has 0 saturated carbocycles. The Labute approximate surface area is 185 Å². The SMILES string of the molecule is O=C(O)C(F)(F)F.O=C([C@H]1CCCO1)N1CCC2(CCN(Cc3ccccn3)CC2)CC1. The Morgan fingerprint density at radius 3 is 2.25 bits per heavy atom. The molecule has 32 heavy (non-hydrogen) atoms. The predicted octanol–water partition coefficient (Wildman–Crippen LogP) is 3.10. The van der Waals surface area contributed by atoms with Gasteiger partial charge < -0.3 is 14.7 Å². The van der Waals surface area contributed by atoms with Crippen LogP contribution in [0, 0.1) is 5.41 Å². The van der Waals surface area contributed by atoms with Crippen molar-refractivity contribution < 1.29 is 32.6 Å². The van der Waals surface area contributed by atoms with Crippen molar-refractivity contribution in [2.75, 3.05) is 32.8 Å². The number of alkyl halides is 3. The van der Waals surface area contributed by atoms with E-state index < -0.39 is 12.1 Å². The van der Waals surface area contributed by atoms with Crippen molar-refractivity contribution in [1.29, 1.82) is 0 Å². The molecule has 178 valence electrons. The van der Waals surface area contributed by atoms with E-state index in [2.05, 4.69) is 26.9 Å². The molecule has 3 saturated heterocycles. The number of pyridine rings is 1. The van der Waals surface area contributed by atoms with Gasteiger partial charge in [0.25, 0.3) is 5.91 Å². The zero-order valence-electron chi connectivity index (χ0n) is 18.0. The van der Waals surface area contributed by atoms with Crippen LogP contribution in [0.3, 0.4) is 0 Å². The molecule has 0 aromatic carbocycles. The highest BCUT2D eigenvalue weighted by Gasteiger charge is 2.40. The molecular formula is C22H30F3N3O4. The third-order valence-corrected chi connectivity index (χ3v) is 6.61. The highest BCUT2D eigenvalue weighted by molar-refractivity contribution is 5.81. The van der Waals surface area contributed by atoms with Gasteiger partial charge in [-0.25, -0.2) is 4.79 Å². The monoisotopic (exact) mass is 457 g/mol. The maximum atomic E-state index is 12.5. The molecule has 1 aromatic rings. The Bertz CT molecular complexity index is 751. The first-order valence-electron chi connectivity index (χ1n) is 11.0. The van der Waals surface area contributed by atoms with E-state index in [0.717, 1.165) is 70.7 Å². The van der Waals surface area contributed by atoms with Gasteiger partial charge in [-0.3, -0.25) is 14.7 Å². The molecule has 10 heteroatoms. The van der Waals surface area contributed by atoms with Crippen LogP contribution < -0.4 is 0 Å². The topological polar surface area (TPSA) is 83.0 Å². The van der Waals surface area contributed by atoms with Gasteiger partial charge in [0.05, 0.1) is 5.69 Å². The Morgan fingerprint density at radius 2 is 1.75 bits per heavy atom. The van der Waals surface area contributed by atoms with Crippen LogP contribution in [0.5, 0.6) is 0 Å². The highest BCUT2D eigenvalue weighted by atomic mass is 19.4. The largest absolute Gasteiger partial charge is 0.490 e. The van der Waals surface area contributed by atoms with E-state index in [0.29, 0.717) is 5.41 Å². The Morgan fingerprint density at radius 1 is 1.12 bits per heavy atom. The second kappa shape index (κ2) is 10.6. The maximum Gasteiger partial charge on any atom is 0.490 e. The maximum absolute atomic E-state index is 12.5. The molecule has 0 bridgehead atoms. The second-order valence-electron chi connectivity index (χ2n) is 8.73. The van der Waals surface area contributed by atoms with E-state index in [-0.39, 0.29) is 12.0 Å². The minimum Gasteiger partial charge on any atom is -0.475 e. The first kappa shape index (κ1) is 24.4. The third kappa shape index (κ3) is 6.65. The van der Waals surface area contributed by atoms with E-state index in [1.165, 1.54) is 12.8 Å². The number of aliphatic carboxylic acids is 1. The molecular weight excluding hydrogens is 427 g/mol. The van der Waals surface area contributed by atoms with Crippen LogP contribution in [0.25, 0.3) is 0 Å².